The van der Waals surface area contributed by atoms with Gasteiger partial charge in [-0.15, -0.1) is 5.10 Å². The summed E-state index contributed by atoms with van der Waals surface area (Å²) in [4.78, 5) is 23.4. The molecule has 1 heterocycles. The molecule has 1 aromatic carbocycles. The third-order valence-electron chi connectivity index (χ3n) is 3.10. The average molecular weight is 349 g/mol. The van der Waals surface area contributed by atoms with E-state index in [1.165, 1.54) is 18.7 Å². The Morgan fingerprint density at radius 2 is 2.21 bits per heavy atom. The van der Waals surface area contributed by atoms with Crippen LogP contribution in [0.25, 0.3) is 0 Å². The summed E-state index contributed by atoms with van der Waals surface area (Å²) in [5.74, 6) is -0.0579. The minimum atomic E-state index is -0.188. The molecule has 2 rings (SSSR count). The van der Waals surface area contributed by atoms with Crippen molar-refractivity contribution in [2.24, 2.45) is 0 Å². The van der Waals surface area contributed by atoms with Gasteiger partial charge in [0.05, 0.1) is 5.75 Å². The van der Waals surface area contributed by atoms with Crippen LogP contribution in [0.4, 0.5) is 5.69 Å². The van der Waals surface area contributed by atoms with Crippen molar-refractivity contribution in [3.63, 3.8) is 0 Å². The van der Waals surface area contributed by atoms with Crippen LogP contribution in [0.3, 0.4) is 0 Å². The van der Waals surface area contributed by atoms with Crippen LogP contribution in [0.5, 0.6) is 0 Å². The lowest BCUT2D eigenvalue weighted by molar-refractivity contribution is -0.113. The number of Topliss-reactive ketones (excluding diaryl/α,β-unsaturated/α-hetero) is 1. The monoisotopic (exact) mass is 349 g/mol. The van der Waals surface area contributed by atoms with Gasteiger partial charge in [0.1, 0.15) is 0 Å². The Balaban J connectivity index is 1.86. The number of carbonyl (C=O) groups is 2. The van der Waals surface area contributed by atoms with Gasteiger partial charge in [-0.05, 0) is 35.9 Å². The highest BCUT2D eigenvalue weighted by Gasteiger charge is 2.10. The van der Waals surface area contributed by atoms with Crippen molar-refractivity contribution in [1.29, 1.82) is 0 Å². The highest BCUT2D eigenvalue weighted by atomic mass is 32.2. The van der Waals surface area contributed by atoms with Crippen molar-refractivity contribution in [3.8, 4) is 0 Å². The van der Waals surface area contributed by atoms with E-state index in [0.717, 1.165) is 6.42 Å². The molecule has 2 aromatic rings. The van der Waals surface area contributed by atoms with Crippen LogP contribution < -0.4 is 5.32 Å². The van der Waals surface area contributed by atoms with Gasteiger partial charge in [-0.25, -0.2) is 4.68 Å². The van der Waals surface area contributed by atoms with Crippen molar-refractivity contribution >= 4 is 29.1 Å². The molecule has 0 saturated carbocycles. The Labute approximate surface area is 144 Å². The molecule has 0 unspecified atom stereocenters. The fraction of sp³-hybridized carbons (Fsp3) is 0.400. The van der Waals surface area contributed by atoms with Crippen LogP contribution in [-0.4, -0.2) is 51.4 Å². The summed E-state index contributed by atoms with van der Waals surface area (Å²) in [6.45, 7) is 2.74. The molecule has 0 bridgehead atoms. The van der Waals surface area contributed by atoms with E-state index >= 15 is 0 Å². The van der Waals surface area contributed by atoms with Gasteiger partial charge in [0, 0.05) is 31.5 Å². The summed E-state index contributed by atoms with van der Waals surface area (Å²) >= 11 is 1.26. The quantitative estimate of drug-likeness (QED) is 0.417. The lowest BCUT2D eigenvalue weighted by Crippen LogP contribution is -2.15. The van der Waals surface area contributed by atoms with E-state index in [1.54, 1.807) is 36.1 Å². The van der Waals surface area contributed by atoms with Crippen molar-refractivity contribution in [3.05, 3.63) is 29.8 Å². The summed E-state index contributed by atoms with van der Waals surface area (Å²) in [5, 5.41) is 14.8. The van der Waals surface area contributed by atoms with Gasteiger partial charge in [0.15, 0.2) is 5.78 Å². The summed E-state index contributed by atoms with van der Waals surface area (Å²) in [6.07, 6.45) is 0.791. The Morgan fingerprint density at radius 1 is 1.38 bits per heavy atom. The first-order valence-electron chi connectivity index (χ1n) is 7.39. The summed E-state index contributed by atoms with van der Waals surface area (Å²) in [6, 6.07) is 6.83. The zero-order valence-corrected chi connectivity index (χ0v) is 14.4. The number of rotatable bonds is 9. The largest absolute Gasteiger partial charge is 0.385 e. The van der Waals surface area contributed by atoms with E-state index in [9.17, 15) is 9.59 Å². The third kappa shape index (κ3) is 5.43. The zero-order valence-electron chi connectivity index (χ0n) is 13.6. The number of nitrogens with zero attached hydrogens (tertiary/aromatic N) is 4. The molecule has 0 radical (unpaired) electrons. The molecular weight excluding hydrogens is 330 g/mol. The van der Waals surface area contributed by atoms with E-state index in [2.05, 4.69) is 20.8 Å². The molecule has 0 aliphatic carbocycles. The Kier molecular flexibility index (Phi) is 6.89. The number of tetrazole rings is 1. The lowest BCUT2D eigenvalue weighted by atomic mass is 10.1. The standard InChI is InChI=1S/C15H19N5O3S/c1-11(21)12-5-3-6-13(9-12)16-14(22)10-24-15-17-18-19-20(15)7-4-8-23-2/h3,5-6,9H,4,7-8,10H2,1-2H3,(H,16,22). The van der Waals surface area contributed by atoms with Gasteiger partial charge in [0.25, 0.3) is 0 Å². The third-order valence-corrected chi connectivity index (χ3v) is 4.06. The number of thioether (sulfide) groups is 1. The van der Waals surface area contributed by atoms with E-state index in [0.29, 0.717) is 29.6 Å². The van der Waals surface area contributed by atoms with E-state index in [4.69, 9.17) is 4.74 Å². The van der Waals surface area contributed by atoms with Crippen molar-refractivity contribution < 1.29 is 14.3 Å². The fourth-order valence-electron chi connectivity index (χ4n) is 1.94. The number of ether oxygens (including phenoxy) is 1. The summed E-state index contributed by atoms with van der Waals surface area (Å²) in [7, 11) is 1.64. The number of aromatic nitrogens is 4. The number of hydrogen-bond acceptors (Lipinski definition) is 7. The number of anilines is 1. The number of hydrogen-bond donors (Lipinski definition) is 1. The van der Waals surface area contributed by atoms with Gasteiger partial charge in [0.2, 0.25) is 11.1 Å². The first-order valence-corrected chi connectivity index (χ1v) is 8.37. The maximum Gasteiger partial charge on any atom is 0.234 e. The smallest absolute Gasteiger partial charge is 0.234 e. The average Bonchev–Trinajstić information content (AvgIpc) is 3.01. The van der Waals surface area contributed by atoms with E-state index in [-0.39, 0.29) is 17.4 Å². The Hall–Kier alpha value is -2.26. The zero-order chi connectivity index (χ0) is 17.4. The van der Waals surface area contributed by atoms with Gasteiger partial charge in [-0.3, -0.25) is 9.59 Å². The van der Waals surface area contributed by atoms with Crippen LogP contribution in [0.1, 0.15) is 23.7 Å². The molecule has 24 heavy (non-hydrogen) atoms. The second-order valence-corrected chi connectivity index (χ2v) is 5.95. The Morgan fingerprint density at radius 3 is 2.96 bits per heavy atom. The van der Waals surface area contributed by atoms with Gasteiger partial charge >= 0.3 is 0 Å². The lowest BCUT2D eigenvalue weighted by Gasteiger charge is -2.06. The molecular formula is C15H19N5O3S. The number of carbonyl (C=O) groups excluding carboxylic acids is 2. The number of methoxy groups -OCH3 is 1. The minimum Gasteiger partial charge on any atom is -0.385 e. The van der Waals surface area contributed by atoms with Gasteiger partial charge in [-0.2, -0.15) is 0 Å². The first kappa shape index (κ1) is 18.1. The molecule has 1 aromatic heterocycles. The highest BCUT2D eigenvalue weighted by molar-refractivity contribution is 7.99. The summed E-state index contributed by atoms with van der Waals surface area (Å²) < 4.78 is 6.64. The highest BCUT2D eigenvalue weighted by Crippen LogP contribution is 2.16. The van der Waals surface area contributed by atoms with Gasteiger partial charge in [-0.1, -0.05) is 23.9 Å². The van der Waals surface area contributed by atoms with Gasteiger partial charge < -0.3 is 10.1 Å². The predicted molar refractivity (Wildman–Crippen MR) is 90.1 cm³/mol. The van der Waals surface area contributed by atoms with Crippen molar-refractivity contribution in [2.45, 2.75) is 25.0 Å². The molecule has 1 amide bonds. The van der Waals surface area contributed by atoms with Crippen molar-refractivity contribution in [1.82, 2.24) is 20.2 Å². The van der Waals surface area contributed by atoms with Crippen LogP contribution in [0.2, 0.25) is 0 Å². The first-order chi connectivity index (χ1) is 11.6. The molecule has 9 heteroatoms. The molecule has 128 valence electrons. The molecule has 8 nitrogen and oxygen atoms in total. The molecule has 1 N–H and O–H groups in total. The normalized spacial score (nSPS) is 10.6. The van der Waals surface area contributed by atoms with E-state index in [1.807, 2.05) is 0 Å². The topological polar surface area (TPSA) is 99.0 Å². The predicted octanol–water partition coefficient (Wildman–Crippen LogP) is 1.64. The second kappa shape index (κ2) is 9.14. The number of aryl methyl sites for hydroxylation is 1. The fourth-order valence-corrected chi connectivity index (χ4v) is 2.65. The molecule has 0 atom stereocenters. The van der Waals surface area contributed by atoms with Crippen LogP contribution >= 0.6 is 11.8 Å². The van der Waals surface area contributed by atoms with Crippen LogP contribution in [-0.2, 0) is 16.1 Å². The minimum absolute atomic E-state index is 0.0456. The van der Waals surface area contributed by atoms with Crippen LogP contribution in [0.15, 0.2) is 29.4 Å². The molecule has 0 aliphatic rings. The molecule has 0 saturated heterocycles. The maximum atomic E-state index is 12.0. The molecule has 0 spiro atoms. The molecule has 0 aliphatic heterocycles. The van der Waals surface area contributed by atoms with Crippen molar-refractivity contribution in [2.75, 3.05) is 24.8 Å². The molecule has 0 fully saturated rings. The van der Waals surface area contributed by atoms with Crippen LogP contribution in [0, 0.1) is 0 Å². The number of benzene rings is 1. The second-order valence-electron chi connectivity index (χ2n) is 5.00. The Bertz CT molecular complexity index is 704. The number of ketones is 1. The van der Waals surface area contributed by atoms with E-state index < -0.39 is 0 Å². The SMILES string of the molecule is COCCCn1nnnc1SCC(=O)Nc1cccc(C(C)=O)c1. The number of nitrogens with one attached hydrogen (secondary N) is 1. The maximum absolute atomic E-state index is 12.0. The number of amides is 1. The summed E-state index contributed by atoms with van der Waals surface area (Å²) in [5.41, 5.74) is 1.15.